The van der Waals surface area contributed by atoms with Crippen molar-refractivity contribution in [2.24, 2.45) is 11.7 Å². The molecule has 0 bridgehead atoms. The van der Waals surface area contributed by atoms with E-state index in [0.29, 0.717) is 19.0 Å². The lowest BCUT2D eigenvalue weighted by molar-refractivity contribution is -0.152. The number of nitrogens with zero attached hydrogens (tertiary/aromatic N) is 1. The van der Waals surface area contributed by atoms with E-state index in [-0.39, 0.29) is 6.04 Å². The van der Waals surface area contributed by atoms with Gasteiger partial charge >= 0.3 is 6.18 Å². The molecule has 0 aromatic rings. The summed E-state index contributed by atoms with van der Waals surface area (Å²) >= 11 is 0. The highest BCUT2D eigenvalue weighted by Crippen LogP contribution is 2.29. The van der Waals surface area contributed by atoms with Crippen molar-refractivity contribution in [2.45, 2.75) is 44.8 Å². The van der Waals surface area contributed by atoms with Crippen LogP contribution in [0.4, 0.5) is 13.2 Å². The lowest BCUT2D eigenvalue weighted by Gasteiger charge is -2.36. The maximum atomic E-state index is 12.4. The highest BCUT2D eigenvalue weighted by molar-refractivity contribution is 4.80. The lowest BCUT2D eigenvalue weighted by atomic mass is 9.86. The maximum absolute atomic E-state index is 12.4. The zero-order valence-corrected chi connectivity index (χ0v) is 9.76. The van der Waals surface area contributed by atoms with Crippen LogP contribution >= 0.6 is 0 Å². The Morgan fingerprint density at radius 3 is 2.50 bits per heavy atom. The van der Waals surface area contributed by atoms with Gasteiger partial charge in [-0.1, -0.05) is 19.8 Å². The van der Waals surface area contributed by atoms with E-state index in [9.17, 15) is 13.2 Å². The van der Waals surface area contributed by atoms with E-state index in [1.165, 1.54) is 4.90 Å². The van der Waals surface area contributed by atoms with Gasteiger partial charge < -0.3 is 5.73 Å². The van der Waals surface area contributed by atoms with Crippen LogP contribution in [-0.2, 0) is 0 Å². The Kier molecular flexibility index (Phi) is 5.05. The first-order valence-corrected chi connectivity index (χ1v) is 5.93. The summed E-state index contributed by atoms with van der Waals surface area (Å²) in [5.74, 6) is 0.534. The second-order valence-corrected chi connectivity index (χ2v) is 4.80. The predicted molar refractivity (Wildman–Crippen MR) is 58.1 cm³/mol. The third kappa shape index (κ3) is 4.70. The lowest BCUT2D eigenvalue weighted by Crippen LogP contribution is -2.46. The number of nitrogens with two attached hydrogens (primary N) is 1. The minimum absolute atomic E-state index is 0.0638. The highest BCUT2D eigenvalue weighted by atomic mass is 19.4. The van der Waals surface area contributed by atoms with Gasteiger partial charge in [-0.3, -0.25) is 4.90 Å². The first-order valence-electron chi connectivity index (χ1n) is 5.93. The molecular weight excluding hydrogens is 217 g/mol. The zero-order valence-electron chi connectivity index (χ0n) is 9.76. The molecule has 1 aliphatic rings. The van der Waals surface area contributed by atoms with Crippen molar-refractivity contribution in [2.75, 3.05) is 19.6 Å². The van der Waals surface area contributed by atoms with Crippen molar-refractivity contribution in [3.63, 3.8) is 0 Å². The van der Waals surface area contributed by atoms with Crippen LogP contribution in [-0.4, -0.2) is 36.8 Å². The number of rotatable bonds is 4. The summed E-state index contributed by atoms with van der Waals surface area (Å²) in [5.41, 5.74) is 5.38. The molecule has 2 N–H and O–H groups in total. The molecule has 0 saturated heterocycles. The molecule has 0 aromatic heterocycles. The number of alkyl halides is 3. The molecule has 5 heteroatoms. The molecule has 1 rings (SSSR count). The topological polar surface area (TPSA) is 29.3 Å². The van der Waals surface area contributed by atoms with Gasteiger partial charge in [0.2, 0.25) is 0 Å². The van der Waals surface area contributed by atoms with Gasteiger partial charge in [-0.25, -0.2) is 0 Å². The summed E-state index contributed by atoms with van der Waals surface area (Å²) in [6, 6.07) is 0.0638. The first-order chi connectivity index (χ1) is 7.42. The molecule has 2 atom stereocenters. The second kappa shape index (κ2) is 5.87. The molecule has 96 valence electrons. The van der Waals surface area contributed by atoms with Gasteiger partial charge in [0.1, 0.15) is 0 Å². The number of hydrogen-bond donors (Lipinski definition) is 1. The van der Waals surface area contributed by atoms with Gasteiger partial charge in [0, 0.05) is 19.1 Å². The first kappa shape index (κ1) is 13.8. The van der Waals surface area contributed by atoms with Crippen LogP contribution in [0.25, 0.3) is 0 Å². The molecule has 2 nitrogen and oxygen atoms in total. The summed E-state index contributed by atoms with van der Waals surface area (Å²) < 4.78 is 37.2. The molecule has 1 aliphatic carbocycles. The van der Waals surface area contributed by atoms with E-state index >= 15 is 0 Å². The average molecular weight is 238 g/mol. The van der Waals surface area contributed by atoms with E-state index in [2.05, 4.69) is 6.92 Å². The van der Waals surface area contributed by atoms with Gasteiger partial charge in [-0.15, -0.1) is 0 Å². The monoisotopic (exact) mass is 238 g/mol. The third-order valence-electron chi connectivity index (χ3n) is 3.22. The summed E-state index contributed by atoms with van der Waals surface area (Å²) in [4.78, 5) is 1.51. The molecule has 0 spiro atoms. The summed E-state index contributed by atoms with van der Waals surface area (Å²) in [6.45, 7) is 1.93. The van der Waals surface area contributed by atoms with Crippen molar-refractivity contribution in [3.05, 3.63) is 0 Å². The van der Waals surface area contributed by atoms with E-state index in [1.807, 2.05) is 0 Å². The van der Waals surface area contributed by atoms with Gasteiger partial charge in [0.25, 0.3) is 0 Å². The van der Waals surface area contributed by atoms with Crippen molar-refractivity contribution in [3.8, 4) is 0 Å². The van der Waals surface area contributed by atoms with Gasteiger partial charge in [-0.2, -0.15) is 13.2 Å². The second-order valence-electron chi connectivity index (χ2n) is 4.80. The smallest absolute Gasteiger partial charge is 0.329 e. The van der Waals surface area contributed by atoms with Crippen LogP contribution in [0.15, 0.2) is 0 Å². The molecule has 0 aromatic carbocycles. The van der Waals surface area contributed by atoms with Crippen LogP contribution in [0, 0.1) is 5.92 Å². The number of hydrogen-bond acceptors (Lipinski definition) is 2. The van der Waals surface area contributed by atoms with E-state index in [4.69, 9.17) is 5.73 Å². The third-order valence-corrected chi connectivity index (χ3v) is 3.22. The molecule has 0 heterocycles. The van der Waals surface area contributed by atoms with Gasteiger partial charge in [-0.05, 0) is 18.8 Å². The fourth-order valence-electron chi connectivity index (χ4n) is 2.52. The summed E-state index contributed by atoms with van der Waals surface area (Å²) in [6.07, 6.45) is -0.198. The van der Waals surface area contributed by atoms with Crippen LogP contribution in [0.2, 0.25) is 0 Å². The zero-order chi connectivity index (χ0) is 12.2. The molecule has 1 fully saturated rings. The van der Waals surface area contributed by atoms with Gasteiger partial charge in [0.05, 0.1) is 6.54 Å². The Morgan fingerprint density at radius 1 is 1.31 bits per heavy atom. The Balaban J connectivity index is 2.54. The highest BCUT2D eigenvalue weighted by Gasteiger charge is 2.34. The fraction of sp³-hybridized carbons (Fsp3) is 1.00. The quantitative estimate of drug-likeness (QED) is 0.814. The summed E-state index contributed by atoms with van der Waals surface area (Å²) in [5, 5.41) is 0. The Bertz CT molecular complexity index is 206. The SMILES string of the molecule is CC1CCCC(N(CCN)CC(F)(F)F)C1. The van der Waals surface area contributed by atoms with E-state index in [1.54, 1.807) is 0 Å². The van der Waals surface area contributed by atoms with Crippen LogP contribution in [0.5, 0.6) is 0 Å². The van der Waals surface area contributed by atoms with E-state index < -0.39 is 12.7 Å². The van der Waals surface area contributed by atoms with Crippen LogP contribution < -0.4 is 5.73 Å². The molecular formula is C11H21F3N2. The molecule has 0 aliphatic heterocycles. The normalized spacial score (nSPS) is 27.4. The minimum atomic E-state index is -4.12. The molecule has 2 unspecified atom stereocenters. The summed E-state index contributed by atoms with van der Waals surface area (Å²) in [7, 11) is 0. The molecule has 16 heavy (non-hydrogen) atoms. The molecule has 0 radical (unpaired) electrons. The van der Waals surface area contributed by atoms with Crippen LogP contribution in [0.1, 0.15) is 32.6 Å². The van der Waals surface area contributed by atoms with Crippen molar-refractivity contribution in [1.82, 2.24) is 4.90 Å². The van der Waals surface area contributed by atoms with Crippen molar-refractivity contribution >= 4 is 0 Å². The van der Waals surface area contributed by atoms with E-state index in [0.717, 1.165) is 25.7 Å². The van der Waals surface area contributed by atoms with Crippen molar-refractivity contribution in [1.29, 1.82) is 0 Å². The minimum Gasteiger partial charge on any atom is -0.329 e. The Hall–Kier alpha value is -0.290. The molecule has 1 saturated carbocycles. The van der Waals surface area contributed by atoms with Crippen LogP contribution in [0.3, 0.4) is 0 Å². The average Bonchev–Trinajstić information content (AvgIpc) is 2.15. The fourth-order valence-corrected chi connectivity index (χ4v) is 2.52. The Morgan fingerprint density at radius 2 is 2.00 bits per heavy atom. The number of halogens is 3. The standard InChI is InChI=1S/C11H21F3N2/c1-9-3-2-4-10(7-9)16(6-5-15)8-11(12,13)14/h9-10H,2-8,15H2,1H3. The van der Waals surface area contributed by atoms with Crippen molar-refractivity contribution < 1.29 is 13.2 Å². The maximum Gasteiger partial charge on any atom is 0.401 e. The molecule has 0 amide bonds. The Labute approximate surface area is 95.0 Å². The van der Waals surface area contributed by atoms with Gasteiger partial charge in [0.15, 0.2) is 0 Å². The largest absolute Gasteiger partial charge is 0.401 e. The predicted octanol–water partition coefficient (Wildman–Crippen LogP) is 2.39.